The largest absolute Gasteiger partial charge is 0.461 e. The zero-order valence-electron chi connectivity index (χ0n) is 10.7. The molecule has 1 aliphatic carbocycles. The van der Waals surface area contributed by atoms with E-state index in [1.807, 2.05) is 6.07 Å². The van der Waals surface area contributed by atoms with Crippen molar-refractivity contribution in [3.8, 4) is 18.0 Å². The molecule has 0 amide bonds. The first-order chi connectivity index (χ1) is 8.69. The van der Waals surface area contributed by atoms with Gasteiger partial charge in [0, 0.05) is 0 Å². The number of nitriles is 2. The molecule has 2 rings (SSSR count). The quantitative estimate of drug-likeness (QED) is 0.815. The van der Waals surface area contributed by atoms with Crippen molar-refractivity contribution in [3.63, 3.8) is 0 Å². The number of ether oxygens (including phenoxy) is 1. The summed E-state index contributed by atoms with van der Waals surface area (Å²) in [6, 6.07) is 4.09. The Morgan fingerprint density at radius 2 is 2.00 bits per heavy atom. The van der Waals surface area contributed by atoms with Crippen LogP contribution in [0.1, 0.15) is 48.6 Å². The van der Waals surface area contributed by atoms with Gasteiger partial charge in [-0.2, -0.15) is 10.5 Å². The molecule has 18 heavy (non-hydrogen) atoms. The lowest BCUT2D eigenvalue weighted by Gasteiger charge is -2.15. The molecule has 1 heterocycles. The van der Waals surface area contributed by atoms with Gasteiger partial charge in [0.1, 0.15) is 17.7 Å². The van der Waals surface area contributed by atoms with Crippen LogP contribution < -0.4 is 4.74 Å². The highest BCUT2D eigenvalue weighted by atomic mass is 16.5. The van der Waals surface area contributed by atoms with E-state index in [1.54, 1.807) is 0 Å². The van der Waals surface area contributed by atoms with Gasteiger partial charge in [0.2, 0.25) is 5.88 Å². The fraction of sp³-hybridized carbons (Fsp3) is 0.500. The van der Waals surface area contributed by atoms with Gasteiger partial charge in [0.15, 0.2) is 6.61 Å². The van der Waals surface area contributed by atoms with E-state index in [0.717, 1.165) is 30.5 Å². The van der Waals surface area contributed by atoms with Crippen molar-refractivity contribution >= 4 is 0 Å². The lowest BCUT2D eigenvalue weighted by molar-refractivity contribution is 0.350. The first-order valence-corrected chi connectivity index (χ1v) is 6.14. The average molecular weight is 241 g/mol. The van der Waals surface area contributed by atoms with Crippen LogP contribution in [0.4, 0.5) is 0 Å². The Labute approximate surface area is 107 Å². The third-order valence-electron chi connectivity index (χ3n) is 3.20. The molecule has 0 N–H and O–H groups in total. The smallest absolute Gasteiger partial charge is 0.233 e. The zero-order chi connectivity index (χ0) is 13.1. The molecular weight excluding hydrogens is 226 g/mol. The van der Waals surface area contributed by atoms with Gasteiger partial charge in [0.05, 0.1) is 5.69 Å². The molecule has 0 spiro atoms. The van der Waals surface area contributed by atoms with Gasteiger partial charge in [-0.05, 0) is 36.3 Å². The van der Waals surface area contributed by atoms with Crippen LogP contribution >= 0.6 is 0 Å². The minimum atomic E-state index is -0.0714. The third-order valence-corrected chi connectivity index (χ3v) is 3.20. The molecule has 0 bridgehead atoms. The van der Waals surface area contributed by atoms with Gasteiger partial charge in [0.25, 0.3) is 0 Å². The summed E-state index contributed by atoms with van der Waals surface area (Å²) in [6.45, 7) is 4.10. The van der Waals surface area contributed by atoms with Crippen molar-refractivity contribution in [1.29, 1.82) is 10.5 Å². The molecule has 4 nitrogen and oxygen atoms in total. The van der Waals surface area contributed by atoms with E-state index in [4.69, 9.17) is 10.00 Å². The average Bonchev–Trinajstić information content (AvgIpc) is 2.83. The summed E-state index contributed by atoms with van der Waals surface area (Å²) in [5.74, 6) is 0.623. The van der Waals surface area contributed by atoms with E-state index in [9.17, 15) is 5.26 Å². The van der Waals surface area contributed by atoms with E-state index < -0.39 is 0 Å². The number of fused-ring (bicyclic) bond motifs is 1. The maximum atomic E-state index is 9.26. The molecule has 0 aromatic carbocycles. The number of pyridine rings is 1. The van der Waals surface area contributed by atoms with Crippen LogP contribution in [-0.2, 0) is 12.8 Å². The van der Waals surface area contributed by atoms with Crippen LogP contribution in [0.15, 0.2) is 0 Å². The SMILES string of the molecule is CC(C)c1nc(OCC#N)c(C#N)c2c1CCC2. The monoisotopic (exact) mass is 241 g/mol. The first-order valence-electron chi connectivity index (χ1n) is 6.14. The highest BCUT2D eigenvalue weighted by Gasteiger charge is 2.25. The number of hydrogen-bond donors (Lipinski definition) is 0. The van der Waals surface area contributed by atoms with Crippen molar-refractivity contribution < 1.29 is 4.74 Å². The zero-order valence-corrected chi connectivity index (χ0v) is 10.7. The summed E-state index contributed by atoms with van der Waals surface area (Å²) in [4.78, 5) is 4.46. The van der Waals surface area contributed by atoms with Gasteiger partial charge in [-0.1, -0.05) is 13.8 Å². The normalized spacial score (nSPS) is 12.9. The molecule has 0 saturated carbocycles. The summed E-state index contributed by atoms with van der Waals surface area (Å²) in [7, 11) is 0. The molecule has 0 atom stereocenters. The van der Waals surface area contributed by atoms with Gasteiger partial charge in [-0.15, -0.1) is 0 Å². The second kappa shape index (κ2) is 5.06. The fourth-order valence-electron chi connectivity index (χ4n) is 2.46. The van der Waals surface area contributed by atoms with Gasteiger partial charge >= 0.3 is 0 Å². The van der Waals surface area contributed by atoms with Crippen molar-refractivity contribution in [2.75, 3.05) is 6.61 Å². The highest BCUT2D eigenvalue weighted by Crippen LogP contribution is 2.35. The van der Waals surface area contributed by atoms with Crippen molar-refractivity contribution in [1.82, 2.24) is 4.98 Å². The third kappa shape index (κ3) is 2.02. The molecule has 4 heteroatoms. The van der Waals surface area contributed by atoms with Crippen molar-refractivity contribution in [2.24, 2.45) is 0 Å². The molecule has 1 aromatic heterocycles. The van der Waals surface area contributed by atoms with E-state index >= 15 is 0 Å². The Morgan fingerprint density at radius 3 is 2.61 bits per heavy atom. The summed E-state index contributed by atoms with van der Waals surface area (Å²) >= 11 is 0. The number of nitrogens with zero attached hydrogens (tertiary/aromatic N) is 3. The Kier molecular flexibility index (Phi) is 3.48. The van der Waals surface area contributed by atoms with Crippen LogP contribution in [0, 0.1) is 22.7 Å². The second-order valence-electron chi connectivity index (χ2n) is 4.70. The van der Waals surface area contributed by atoms with E-state index in [1.165, 1.54) is 5.56 Å². The molecule has 0 aliphatic heterocycles. The van der Waals surface area contributed by atoms with Crippen LogP contribution in [0.3, 0.4) is 0 Å². The predicted molar refractivity (Wildman–Crippen MR) is 66.2 cm³/mol. The lowest BCUT2D eigenvalue weighted by atomic mass is 9.98. The molecule has 0 saturated heterocycles. The molecule has 0 unspecified atom stereocenters. The number of hydrogen-bond acceptors (Lipinski definition) is 4. The molecule has 1 aliphatic rings. The lowest BCUT2D eigenvalue weighted by Crippen LogP contribution is -2.07. The Balaban J connectivity index is 2.57. The molecule has 0 radical (unpaired) electrons. The maximum Gasteiger partial charge on any atom is 0.233 e. The minimum absolute atomic E-state index is 0.0714. The topological polar surface area (TPSA) is 69.7 Å². The van der Waals surface area contributed by atoms with Crippen molar-refractivity contribution in [2.45, 2.75) is 39.0 Å². The minimum Gasteiger partial charge on any atom is -0.461 e. The van der Waals surface area contributed by atoms with Gasteiger partial charge < -0.3 is 4.74 Å². The molecule has 1 aromatic rings. The van der Waals surface area contributed by atoms with E-state index in [2.05, 4.69) is 24.9 Å². The summed E-state index contributed by atoms with van der Waals surface area (Å²) in [5, 5.41) is 17.8. The Morgan fingerprint density at radius 1 is 1.28 bits per heavy atom. The van der Waals surface area contributed by atoms with Crippen LogP contribution in [0.2, 0.25) is 0 Å². The number of aromatic nitrogens is 1. The van der Waals surface area contributed by atoms with Gasteiger partial charge in [-0.3, -0.25) is 0 Å². The maximum absolute atomic E-state index is 9.26. The summed E-state index contributed by atoms with van der Waals surface area (Å²) in [6.07, 6.45) is 2.96. The van der Waals surface area contributed by atoms with Crippen LogP contribution in [0.25, 0.3) is 0 Å². The molecular formula is C14H15N3O. The number of rotatable bonds is 3. The molecule has 0 fully saturated rings. The fourth-order valence-corrected chi connectivity index (χ4v) is 2.46. The van der Waals surface area contributed by atoms with Crippen LogP contribution in [-0.4, -0.2) is 11.6 Å². The Bertz CT molecular complexity index is 550. The summed E-state index contributed by atoms with van der Waals surface area (Å²) in [5.41, 5.74) is 3.81. The predicted octanol–water partition coefficient (Wildman–Crippen LogP) is 2.47. The van der Waals surface area contributed by atoms with Gasteiger partial charge in [-0.25, -0.2) is 4.98 Å². The highest BCUT2D eigenvalue weighted by molar-refractivity contribution is 5.53. The summed E-state index contributed by atoms with van der Waals surface area (Å²) < 4.78 is 5.30. The Hall–Kier alpha value is -2.07. The first kappa shape index (κ1) is 12.4. The van der Waals surface area contributed by atoms with Crippen LogP contribution in [0.5, 0.6) is 5.88 Å². The van der Waals surface area contributed by atoms with E-state index in [-0.39, 0.29) is 6.61 Å². The standard InChI is InChI=1S/C14H15N3O/c1-9(2)13-11-5-3-4-10(11)12(8-16)14(17-13)18-7-6-15/h9H,3-5,7H2,1-2H3. The second-order valence-corrected chi connectivity index (χ2v) is 4.70. The molecule has 92 valence electrons. The van der Waals surface area contributed by atoms with E-state index in [0.29, 0.717) is 17.4 Å². The van der Waals surface area contributed by atoms with Crippen molar-refractivity contribution in [3.05, 3.63) is 22.4 Å².